The summed E-state index contributed by atoms with van der Waals surface area (Å²) in [5.74, 6) is 0.761. The van der Waals surface area contributed by atoms with Crippen molar-refractivity contribution in [3.63, 3.8) is 0 Å². The SMILES string of the molecule is CNC(C)c1ccc(NC(=O)NCCOCC2CC2)cc1. The lowest BCUT2D eigenvalue weighted by molar-refractivity contribution is 0.127. The van der Waals surface area contributed by atoms with Gasteiger partial charge in [0.05, 0.1) is 6.61 Å². The predicted octanol–water partition coefficient (Wildman–Crippen LogP) is 2.52. The number of hydrogen-bond donors (Lipinski definition) is 3. The molecule has 1 aliphatic rings. The van der Waals surface area contributed by atoms with E-state index in [1.165, 1.54) is 18.4 Å². The maximum atomic E-state index is 11.7. The number of amides is 2. The summed E-state index contributed by atoms with van der Waals surface area (Å²) < 4.78 is 5.46. The lowest BCUT2D eigenvalue weighted by Crippen LogP contribution is -2.31. The number of ether oxygens (including phenoxy) is 1. The zero-order valence-corrected chi connectivity index (χ0v) is 12.8. The topological polar surface area (TPSA) is 62.4 Å². The average Bonchev–Trinajstić information content (AvgIpc) is 3.31. The predicted molar refractivity (Wildman–Crippen MR) is 84.5 cm³/mol. The number of carbonyl (C=O) groups excluding carboxylic acids is 1. The van der Waals surface area contributed by atoms with E-state index in [9.17, 15) is 4.79 Å². The summed E-state index contributed by atoms with van der Waals surface area (Å²) in [6.07, 6.45) is 2.58. The molecule has 116 valence electrons. The molecule has 0 aromatic heterocycles. The monoisotopic (exact) mass is 291 g/mol. The highest BCUT2D eigenvalue weighted by molar-refractivity contribution is 5.89. The Balaban J connectivity index is 1.64. The van der Waals surface area contributed by atoms with Crippen LogP contribution in [0.3, 0.4) is 0 Å². The van der Waals surface area contributed by atoms with Gasteiger partial charge in [-0.25, -0.2) is 4.79 Å². The van der Waals surface area contributed by atoms with Gasteiger partial charge in [0.25, 0.3) is 0 Å². The van der Waals surface area contributed by atoms with Gasteiger partial charge in [-0.15, -0.1) is 0 Å². The lowest BCUT2D eigenvalue weighted by atomic mass is 10.1. The molecule has 5 heteroatoms. The van der Waals surface area contributed by atoms with Crippen molar-refractivity contribution in [3.05, 3.63) is 29.8 Å². The number of benzene rings is 1. The molecular weight excluding hydrogens is 266 g/mol. The van der Waals surface area contributed by atoms with Crippen LogP contribution in [0, 0.1) is 5.92 Å². The summed E-state index contributed by atoms with van der Waals surface area (Å²) in [5, 5.41) is 8.78. The van der Waals surface area contributed by atoms with Crippen molar-refractivity contribution in [2.75, 3.05) is 32.1 Å². The van der Waals surface area contributed by atoms with Gasteiger partial charge in [-0.1, -0.05) is 12.1 Å². The van der Waals surface area contributed by atoms with Crippen molar-refractivity contribution in [1.29, 1.82) is 0 Å². The highest BCUT2D eigenvalue weighted by Gasteiger charge is 2.20. The molecule has 1 aliphatic carbocycles. The number of carbonyl (C=O) groups is 1. The van der Waals surface area contributed by atoms with Gasteiger partial charge in [-0.3, -0.25) is 0 Å². The molecule has 0 aliphatic heterocycles. The zero-order valence-electron chi connectivity index (χ0n) is 12.8. The van der Waals surface area contributed by atoms with Gasteiger partial charge in [-0.2, -0.15) is 0 Å². The van der Waals surface area contributed by atoms with Gasteiger partial charge >= 0.3 is 6.03 Å². The molecule has 1 fully saturated rings. The second-order valence-electron chi connectivity index (χ2n) is 5.53. The molecule has 0 spiro atoms. The third kappa shape index (κ3) is 5.73. The van der Waals surface area contributed by atoms with E-state index in [0.717, 1.165) is 18.2 Å². The van der Waals surface area contributed by atoms with Crippen molar-refractivity contribution < 1.29 is 9.53 Å². The molecular formula is C16H25N3O2. The molecule has 1 aromatic carbocycles. The molecule has 0 heterocycles. The minimum atomic E-state index is -0.195. The summed E-state index contributed by atoms with van der Waals surface area (Å²) in [6.45, 7) is 4.03. The molecule has 3 N–H and O–H groups in total. The minimum Gasteiger partial charge on any atom is -0.379 e. The maximum absolute atomic E-state index is 11.7. The van der Waals surface area contributed by atoms with Crippen LogP contribution in [-0.4, -0.2) is 32.8 Å². The first-order valence-corrected chi connectivity index (χ1v) is 7.59. The Bertz CT molecular complexity index is 443. The molecule has 0 radical (unpaired) electrons. The quantitative estimate of drug-likeness (QED) is 0.645. The summed E-state index contributed by atoms with van der Waals surface area (Å²) in [7, 11) is 1.93. The Labute approximate surface area is 126 Å². The summed E-state index contributed by atoms with van der Waals surface area (Å²) in [5.41, 5.74) is 1.98. The van der Waals surface area contributed by atoms with Crippen LogP contribution in [0.1, 0.15) is 31.4 Å². The second kappa shape index (κ2) is 8.00. The average molecular weight is 291 g/mol. The van der Waals surface area contributed by atoms with Crippen molar-refractivity contribution >= 4 is 11.7 Å². The third-order valence-electron chi connectivity index (χ3n) is 3.68. The van der Waals surface area contributed by atoms with Crippen molar-refractivity contribution in [1.82, 2.24) is 10.6 Å². The molecule has 2 amide bonds. The van der Waals surface area contributed by atoms with Crippen LogP contribution in [-0.2, 0) is 4.74 Å². The highest BCUT2D eigenvalue weighted by atomic mass is 16.5. The third-order valence-corrected chi connectivity index (χ3v) is 3.68. The Hall–Kier alpha value is -1.59. The van der Waals surface area contributed by atoms with E-state index in [4.69, 9.17) is 4.74 Å². The van der Waals surface area contributed by atoms with Crippen LogP contribution in [0.25, 0.3) is 0 Å². The smallest absolute Gasteiger partial charge is 0.319 e. The van der Waals surface area contributed by atoms with E-state index in [1.54, 1.807) is 0 Å². The lowest BCUT2D eigenvalue weighted by Gasteiger charge is -2.12. The number of urea groups is 1. The number of nitrogens with one attached hydrogen (secondary N) is 3. The van der Waals surface area contributed by atoms with Gasteiger partial charge in [0, 0.05) is 24.9 Å². The van der Waals surface area contributed by atoms with Gasteiger partial charge in [-0.05, 0) is 50.4 Å². The van der Waals surface area contributed by atoms with Gasteiger partial charge in [0.1, 0.15) is 0 Å². The molecule has 21 heavy (non-hydrogen) atoms. The molecule has 5 nitrogen and oxygen atoms in total. The first-order valence-electron chi connectivity index (χ1n) is 7.59. The summed E-state index contributed by atoms with van der Waals surface area (Å²) in [6, 6.07) is 7.94. The van der Waals surface area contributed by atoms with Crippen LogP contribution in [0.5, 0.6) is 0 Å². The van der Waals surface area contributed by atoms with E-state index < -0.39 is 0 Å². The van der Waals surface area contributed by atoms with E-state index in [-0.39, 0.29) is 6.03 Å². The minimum absolute atomic E-state index is 0.195. The summed E-state index contributed by atoms with van der Waals surface area (Å²) in [4.78, 5) is 11.7. The molecule has 1 unspecified atom stereocenters. The Morgan fingerprint density at radius 2 is 2.05 bits per heavy atom. The number of rotatable bonds is 8. The second-order valence-corrected chi connectivity index (χ2v) is 5.53. The number of anilines is 1. The number of hydrogen-bond acceptors (Lipinski definition) is 3. The molecule has 1 atom stereocenters. The largest absolute Gasteiger partial charge is 0.379 e. The Kier molecular flexibility index (Phi) is 6.02. The van der Waals surface area contributed by atoms with Crippen LogP contribution in [0.15, 0.2) is 24.3 Å². The Morgan fingerprint density at radius 3 is 2.67 bits per heavy atom. The first-order chi connectivity index (χ1) is 10.2. The van der Waals surface area contributed by atoms with E-state index >= 15 is 0 Å². The molecule has 1 saturated carbocycles. The molecule has 1 aromatic rings. The van der Waals surface area contributed by atoms with Crippen molar-refractivity contribution in [3.8, 4) is 0 Å². The van der Waals surface area contributed by atoms with Gasteiger partial charge < -0.3 is 20.7 Å². The van der Waals surface area contributed by atoms with E-state index in [0.29, 0.717) is 19.2 Å². The molecule has 0 bridgehead atoms. The van der Waals surface area contributed by atoms with Crippen LogP contribution in [0.4, 0.5) is 10.5 Å². The fourth-order valence-corrected chi connectivity index (χ4v) is 1.97. The van der Waals surface area contributed by atoms with Gasteiger partial charge in [0.15, 0.2) is 0 Å². The molecule has 2 rings (SSSR count). The van der Waals surface area contributed by atoms with Gasteiger partial charge in [0.2, 0.25) is 0 Å². The Morgan fingerprint density at radius 1 is 1.33 bits per heavy atom. The molecule has 0 saturated heterocycles. The maximum Gasteiger partial charge on any atom is 0.319 e. The first kappa shape index (κ1) is 15.8. The summed E-state index contributed by atoms with van der Waals surface area (Å²) >= 11 is 0. The standard InChI is InChI=1S/C16H25N3O2/c1-12(17-2)14-5-7-15(8-6-14)19-16(20)18-9-10-21-11-13-3-4-13/h5-8,12-13,17H,3-4,9-11H2,1-2H3,(H2,18,19,20). The van der Waals surface area contributed by atoms with Crippen molar-refractivity contribution in [2.45, 2.75) is 25.8 Å². The van der Waals surface area contributed by atoms with E-state index in [2.05, 4.69) is 22.9 Å². The van der Waals surface area contributed by atoms with Crippen LogP contribution >= 0.6 is 0 Å². The zero-order chi connectivity index (χ0) is 15.1. The van der Waals surface area contributed by atoms with Crippen LogP contribution < -0.4 is 16.0 Å². The highest BCUT2D eigenvalue weighted by Crippen LogP contribution is 2.28. The fourth-order valence-electron chi connectivity index (χ4n) is 1.97. The fraction of sp³-hybridized carbons (Fsp3) is 0.562. The van der Waals surface area contributed by atoms with Crippen LogP contribution in [0.2, 0.25) is 0 Å². The van der Waals surface area contributed by atoms with Crippen molar-refractivity contribution in [2.24, 2.45) is 5.92 Å². The van der Waals surface area contributed by atoms with E-state index in [1.807, 2.05) is 31.3 Å². The normalized spacial score (nSPS) is 15.5.